The van der Waals surface area contributed by atoms with Crippen LogP contribution in [0.5, 0.6) is 0 Å². The van der Waals surface area contributed by atoms with Crippen molar-refractivity contribution in [3.63, 3.8) is 0 Å². The Bertz CT molecular complexity index is 402. The molecule has 1 N–H and O–H groups in total. The Morgan fingerprint density at radius 2 is 2.05 bits per heavy atom. The third-order valence-corrected chi connectivity index (χ3v) is 2.93. The summed E-state index contributed by atoms with van der Waals surface area (Å²) in [6.45, 7) is 10.5. The maximum Gasteiger partial charge on any atom is 0.272 e. The molecule has 0 aromatic carbocycles. The van der Waals surface area contributed by atoms with Crippen LogP contribution in [0.1, 0.15) is 44.6 Å². The maximum atomic E-state index is 12.1. The summed E-state index contributed by atoms with van der Waals surface area (Å²) in [5.74, 6) is 1.12. The predicted octanol–water partition coefficient (Wildman–Crippen LogP) is 2.42. The van der Waals surface area contributed by atoms with Crippen LogP contribution < -0.4 is 5.32 Å². The molecular formula is C14H24N4O. The standard InChI is InChI=1S/C14H24N4O/c1-5-18(6-2)13(19)12-8-10-16-14(17-12)15-9-7-11(3)4/h8,10-11H,5-7,9H2,1-4H3,(H,15,16,17). The minimum Gasteiger partial charge on any atom is -0.354 e. The largest absolute Gasteiger partial charge is 0.354 e. The average Bonchev–Trinajstić information content (AvgIpc) is 2.40. The van der Waals surface area contributed by atoms with Crippen molar-refractivity contribution in [3.8, 4) is 0 Å². The molecular weight excluding hydrogens is 240 g/mol. The predicted molar refractivity (Wildman–Crippen MR) is 77.2 cm³/mol. The smallest absolute Gasteiger partial charge is 0.272 e. The van der Waals surface area contributed by atoms with Crippen LogP contribution in [0.4, 0.5) is 5.95 Å². The summed E-state index contributed by atoms with van der Waals surface area (Å²) in [5, 5.41) is 3.15. The molecule has 0 radical (unpaired) electrons. The fourth-order valence-electron chi connectivity index (χ4n) is 1.71. The molecule has 1 aromatic rings. The SMILES string of the molecule is CCN(CC)C(=O)c1ccnc(NCCC(C)C)n1. The Kier molecular flexibility index (Phi) is 6.25. The number of aromatic nitrogens is 2. The minimum atomic E-state index is -0.0423. The van der Waals surface area contributed by atoms with Gasteiger partial charge in [-0.2, -0.15) is 0 Å². The first kappa shape index (κ1) is 15.4. The Labute approximate surface area is 115 Å². The lowest BCUT2D eigenvalue weighted by Gasteiger charge is -2.18. The maximum absolute atomic E-state index is 12.1. The summed E-state index contributed by atoms with van der Waals surface area (Å²) in [7, 11) is 0. The molecule has 0 spiro atoms. The molecule has 0 aliphatic rings. The fraction of sp³-hybridized carbons (Fsp3) is 0.643. The normalized spacial score (nSPS) is 10.6. The monoisotopic (exact) mass is 264 g/mol. The van der Waals surface area contributed by atoms with Crippen LogP contribution in [0.25, 0.3) is 0 Å². The molecule has 0 unspecified atom stereocenters. The lowest BCUT2D eigenvalue weighted by molar-refractivity contribution is 0.0767. The quantitative estimate of drug-likeness (QED) is 0.821. The second kappa shape index (κ2) is 7.71. The molecule has 106 valence electrons. The second-order valence-electron chi connectivity index (χ2n) is 4.85. The Hall–Kier alpha value is -1.65. The van der Waals surface area contributed by atoms with Crippen molar-refractivity contribution in [1.29, 1.82) is 0 Å². The molecule has 0 aliphatic heterocycles. The number of anilines is 1. The van der Waals surface area contributed by atoms with Gasteiger partial charge in [0.25, 0.3) is 5.91 Å². The van der Waals surface area contributed by atoms with Crippen LogP contribution >= 0.6 is 0 Å². The first-order chi connectivity index (χ1) is 9.08. The van der Waals surface area contributed by atoms with Crippen LogP contribution in [0, 0.1) is 5.92 Å². The number of carbonyl (C=O) groups is 1. The third kappa shape index (κ3) is 4.85. The highest BCUT2D eigenvalue weighted by Crippen LogP contribution is 2.06. The highest BCUT2D eigenvalue weighted by molar-refractivity contribution is 5.92. The molecule has 1 amide bonds. The fourth-order valence-corrected chi connectivity index (χ4v) is 1.71. The van der Waals surface area contributed by atoms with E-state index < -0.39 is 0 Å². The summed E-state index contributed by atoms with van der Waals surface area (Å²) in [4.78, 5) is 22.3. The molecule has 0 saturated carbocycles. The van der Waals surface area contributed by atoms with E-state index in [-0.39, 0.29) is 5.91 Å². The zero-order chi connectivity index (χ0) is 14.3. The second-order valence-corrected chi connectivity index (χ2v) is 4.85. The lowest BCUT2D eigenvalue weighted by Crippen LogP contribution is -2.31. The average molecular weight is 264 g/mol. The van der Waals surface area contributed by atoms with E-state index in [4.69, 9.17) is 0 Å². The summed E-state index contributed by atoms with van der Waals surface area (Å²) in [6, 6.07) is 1.66. The van der Waals surface area contributed by atoms with Crippen LogP contribution in [0.2, 0.25) is 0 Å². The zero-order valence-corrected chi connectivity index (χ0v) is 12.3. The number of nitrogens with one attached hydrogen (secondary N) is 1. The van der Waals surface area contributed by atoms with Gasteiger partial charge in [-0.1, -0.05) is 13.8 Å². The molecule has 1 rings (SSSR count). The third-order valence-electron chi connectivity index (χ3n) is 2.93. The molecule has 19 heavy (non-hydrogen) atoms. The molecule has 1 aromatic heterocycles. The van der Waals surface area contributed by atoms with Gasteiger partial charge in [-0.05, 0) is 32.3 Å². The van der Waals surface area contributed by atoms with Crippen molar-refractivity contribution in [2.75, 3.05) is 25.0 Å². The van der Waals surface area contributed by atoms with Gasteiger partial charge >= 0.3 is 0 Å². The van der Waals surface area contributed by atoms with Crippen molar-refractivity contribution >= 4 is 11.9 Å². The van der Waals surface area contributed by atoms with E-state index in [0.29, 0.717) is 30.6 Å². The summed E-state index contributed by atoms with van der Waals surface area (Å²) < 4.78 is 0. The topological polar surface area (TPSA) is 58.1 Å². The van der Waals surface area contributed by atoms with Gasteiger partial charge in [0.05, 0.1) is 0 Å². The van der Waals surface area contributed by atoms with Gasteiger partial charge in [0.1, 0.15) is 5.69 Å². The van der Waals surface area contributed by atoms with Gasteiger partial charge in [-0.15, -0.1) is 0 Å². The van der Waals surface area contributed by atoms with Crippen molar-refractivity contribution in [2.24, 2.45) is 5.92 Å². The highest BCUT2D eigenvalue weighted by atomic mass is 16.2. The molecule has 0 fully saturated rings. The molecule has 0 bridgehead atoms. The summed E-state index contributed by atoms with van der Waals surface area (Å²) in [5.41, 5.74) is 0.450. The summed E-state index contributed by atoms with van der Waals surface area (Å²) >= 11 is 0. The van der Waals surface area contributed by atoms with E-state index in [2.05, 4.69) is 29.1 Å². The van der Waals surface area contributed by atoms with Crippen molar-refractivity contribution in [3.05, 3.63) is 18.0 Å². The van der Waals surface area contributed by atoms with E-state index >= 15 is 0 Å². The highest BCUT2D eigenvalue weighted by Gasteiger charge is 2.14. The number of carbonyl (C=O) groups excluding carboxylic acids is 1. The van der Waals surface area contributed by atoms with Crippen LogP contribution in [-0.2, 0) is 0 Å². The number of hydrogen-bond donors (Lipinski definition) is 1. The van der Waals surface area contributed by atoms with E-state index in [0.717, 1.165) is 13.0 Å². The molecule has 5 nitrogen and oxygen atoms in total. The molecule has 0 aliphatic carbocycles. The minimum absolute atomic E-state index is 0.0423. The van der Waals surface area contributed by atoms with Gasteiger partial charge in [-0.3, -0.25) is 4.79 Å². The van der Waals surface area contributed by atoms with Crippen molar-refractivity contribution in [2.45, 2.75) is 34.1 Å². The molecule has 0 atom stereocenters. The Balaban J connectivity index is 2.68. The van der Waals surface area contributed by atoms with Crippen molar-refractivity contribution < 1.29 is 4.79 Å². The van der Waals surface area contributed by atoms with Gasteiger partial charge in [0.2, 0.25) is 5.95 Å². The first-order valence-corrected chi connectivity index (χ1v) is 6.94. The Morgan fingerprint density at radius 1 is 1.37 bits per heavy atom. The Morgan fingerprint density at radius 3 is 2.63 bits per heavy atom. The van der Waals surface area contributed by atoms with Gasteiger partial charge in [-0.25, -0.2) is 9.97 Å². The number of nitrogens with zero attached hydrogens (tertiary/aromatic N) is 3. The number of rotatable bonds is 7. The zero-order valence-electron chi connectivity index (χ0n) is 12.3. The van der Waals surface area contributed by atoms with Crippen molar-refractivity contribution in [1.82, 2.24) is 14.9 Å². The van der Waals surface area contributed by atoms with Gasteiger partial charge < -0.3 is 10.2 Å². The van der Waals surface area contributed by atoms with Crippen LogP contribution in [0.3, 0.4) is 0 Å². The summed E-state index contributed by atoms with van der Waals surface area (Å²) in [6.07, 6.45) is 2.68. The lowest BCUT2D eigenvalue weighted by atomic mass is 10.1. The van der Waals surface area contributed by atoms with Crippen LogP contribution in [0.15, 0.2) is 12.3 Å². The van der Waals surface area contributed by atoms with Gasteiger partial charge in [0.15, 0.2) is 0 Å². The first-order valence-electron chi connectivity index (χ1n) is 6.94. The van der Waals surface area contributed by atoms with E-state index in [1.54, 1.807) is 17.2 Å². The molecule has 5 heteroatoms. The molecule has 1 heterocycles. The van der Waals surface area contributed by atoms with E-state index in [1.165, 1.54) is 0 Å². The number of hydrogen-bond acceptors (Lipinski definition) is 4. The van der Waals surface area contributed by atoms with E-state index in [9.17, 15) is 4.79 Å². The number of amides is 1. The van der Waals surface area contributed by atoms with E-state index in [1.807, 2.05) is 13.8 Å². The van der Waals surface area contributed by atoms with Gasteiger partial charge in [0, 0.05) is 25.8 Å². The van der Waals surface area contributed by atoms with Crippen LogP contribution in [-0.4, -0.2) is 40.4 Å². The molecule has 0 saturated heterocycles.